The second-order valence-electron chi connectivity index (χ2n) is 6.10. The fourth-order valence-electron chi connectivity index (χ4n) is 2.26. The maximum atomic E-state index is 5.69. The number of hydrogen-bond donors (Lipinski definition) is 2. The van der Waals surface area contributed by atoms with Crippen LogP contribution in [0.3, 0.4) is 0 Å². The largest absolute Gasteiger partial charge is 0.399 e. The first-order valence-electron chi connectivity index (χ1n) is 7.10. The van der Waals surface area contributed by atoms with Gasteiger partial charge in [0.25, 0.3) is 0 Å². The van der Waals surface area contributed by atoms with Gasteiger partial charge >= 0.3 is 0 Å². The lowest BCUT2D eigenvalue weighted by Crippen LogP contribution is -2.32. The predicted octanol–water partition coefficient (Wildman–Crippen LogP) is 3.64. The van der Waals surface area contributed by atoms with Crippen LogP contribution in [0, 0.1) is 6.92 Å². The van der Waals surface area contributed by atoms with Gasteiger partial charge in [-0.3, -0.25) is 0 Å². The van der Waals surface area contributed by atoms with Crippen LogP contribution < -0.4 is 11.1 Å². The number of nitrogens with two attached hydrogens (primary N) is 1. The summed E-state index contributed by atoms with van der Waals surface area (Å²) < 4.78 is 0. The van der Waals surface area contributed by atoms with Gasteiger partial charge in [-0.1, -0.05) is 55.8 Å². The summed E-state index contributed by atoms with van der Waals surface area (Å²) in [5.41, 5.74) is 10.6. The standard InChI is InChI=1S/C18H24N2/c1-14-4-8-16(9-5-14)18(2,3)13-20-12-15-6-10-17(19)11-7-15/h4-11,20H,12-13,19H2,1-3H3. The van der Waals surface area contributed by atoms with Crippen molar-refractivity contribution >= 4 is 5.69 Å². The van der Waals surface area contributed by atoms with E-state index in [0.29, 0.717) is 0 Å². The Morgan fingerprint density at radius 2 is 1.55 bits per heavy atom. The van der Waals surface area contributed by atoms with Crippen molar-refractivity contribution < 1.29 is 0 Å². The van der Waals surface area contributed by atoms with E-state index in [-0.39, 0.29) is 5.41 Å². The first-order valence-corrected chi connectivity index (χ1v) is 7.10. The van der Waals surface area contributed by atoms with Gasteiger partial charge in [-0.15, -0.1) is 0 Å². The van der Waals surface area contributed by atoms with Crippen LogP contribution in [0.5, 0.6) is 0 Å². The lowest BCUT2D eigenvalue weighted by Gasteiger charge is -2.26. The minimum Gasteiger partial charge on any atom is -0.399 e. The molecule has 0 aliphatic carbocycles. The zero-order valence-electron chi connectivity index (χ0n) is 12.6. The third-order valence-corrected chi connectivity index (χ3v) is 3.71. The molecule has 0 heterocycles. The SMILES string of the molecule is Cc1ccc(C(C)(C)CNCc2ccc(N)cc2)cc1. The minimum atomic E-state index is 0.126. The van der Waals surface area contributed by atoms with E-state index in [0.717, 1.165) is 18.8 Å². The summed E-state index contributed by atoms with van der Waals surface area (Å²) in [7, 11) is 0. The van der Waals surface area contributed by atoms with Crippen molar-refractivity contribution in [1.82, 2.24) is 5.32 Å². The molecule has 0 unspecified atom stereocenters. The Hall–Kier alpha value is -1.80. The molecule has 2 nitrogen and oxygen atoms in total. The average molecular weight is 268 g/mol. The Bertz CT molecular complexity index is 539. The highest BCUT2D eigenvalue weighted by Gasteiger charge is 2.19. The normalized spacial score (nSPS) is 11.6. The molecule has 2 rings (SSSR count). The second-order valence-corrected chi connectivity index (χ2v) is 6.10. The molecule has 20 heavy (non-hydrogen) atoms. The number of rotatable bonds is 5. The summed E-state index contributed by atoms with van der Waals surface area (Å²) in [6.07, 6.45) is 0. The van der Waals surface area contributed by atoms with Gasteiger partial charge in [-0.25, -0.2) is 0 Å². The van der Waals surface area contributed by atoms with Gasteiger partial charge in [0, 0.05) is 24.2 Å². The molecule has 0 radical (unpaired) electrons. The Morgan fingerprint density at radius 1 is 0.950 bits per heavy atom. The molecule has 106 valence electrons. The Balaban J connectivity index is 1.92. The van der Waals surface area contributed by atoms with Crippen LogP contribution in [-0.2, 0) is 12.0 Å². The lowest BCUT2D eigenvalue weighted by atomic mass is 9.84. The zero-order valence-corrected chi connectivity index (χ0v) is 12.6. The number of aryl methyl sites for hydroxylation is 1. The van der Waals surface area contributed by atoms with Crippen molar-refractivity contribution in [2.45, 2.75) is 32.7 Å². The van der Waals surface area contributed by atoms with Crippen LogP contribution in [0.4, 0.5) is 5.69 Å². The van der Waals surface area contributed by atoms with E-state index in [9.17, 15) is 0 Å². The summed E-state index contributed by atoms with van der Waals surface area (Å²) in [4.78, 5) is 0. The first-order chi connectivity index (χ1) is 9.47. The van der Waals surface area contributed by atoms with Gasteiger partial charge in [0.15, 0.2) is 0 Å². The fourth-order valence-corrected chi connectivity index (χ4v) is 2.26. The maximum Gasteiger partial charge on any atom is 0.0314 e. The zero-order chi connectivity index (χ0) is 14.6. The molecule has 0 aliphatic heterocycles. The monoisotopic (exact) mass is 268 g/mol. The van der Waals surface area contributed by atoms with Crippen molar-refractivity contribution in [3.05, 3.63) is 65.2 Å². The molecule has 0 aromatic heterocycles. The molecule has 0 saturated carbocycles. The van der Waals surface area contributed by atoms with Crippen LogP contribution in [0.2, 0.25) is 0 Å². The number of hydrogen-bond acceptors (Lipinski definition) is 2. The van der Waals surface area contributed by atoms with Gasteiger partial charge in [-0.2, -0.15) is 0 Å². The van der Waals surface area contributed by atoms with Gasteiger partial charge < -0.3 is 11.1 Å². The van der Waals surface area contributed by atoms with Crippen molar-refractivity contribution in [1.29, 1.82) is 0 Å². The van der Waals surface area contributed by atoms with Crippen molar-refractivity contribution in [3.8, 4) is 0 Å². The number of nitrogens with one attached hydrogen (secondary N) is 1. The third-order valence-electron chi connectivity index (χ3n) is 3.71. The van der Waals surface area contributed by atoms with E-state index < -0.39 is 0 Å². The van der Waals surface area contributed by atoms with Crippen LogP contribution in [0.15, 0.2) is 48.5 Å². The molecule has 2 heteroatoms. The van der Waals surface area contributed by atoms with Crippen LogP contribution in [0.1, 0.15) is 30.5 Å². The molecule has 0 saturated heterocycles. The quantitative estimate of drug-likeness (QED) is 0.812. The predicted molar refractivity (Wildman–Crippen MR) is 86.8 cm³/mol. The van der Waals surface area contributed by atoms with E-state index >= 15 is 0 Å². The highest BCUT2D eigenvalue weighted by molar-refractivity contribution is 5.39. The highest BCUT2D eigenvalue weighted by atomic mass is 14.9. The average Bonchev–Trinajstić information content (AvgIpc) is 2.41. The molecule has 2 aromatic carbocycles. The third kappa shape index (κ3) is 3.84. The van der Waals surface area contributed by atoms with E-state index in [1.165, 1.54) is 16.7 Å². The Morgan fingerprint density at radius 3 is 2.15 bits per heavy atom. The molecule has 0 fully saturated rings. The van der Waals surface area contributed by atoms with Crippen LogP contribution >= 0.6 is 0 Å². The first kappa shape index (κ1) is 14.6. The Labute approximate surface area is 122 Å². The van der Waals surface area contributed by atoms with E-state index in [2.05, 4.69) is 62.5 Å². The number of benzene rings is 2. The minimum absolute atomic E-state index is 0.126. The molecule has 0 amide bonds. The van der Waals surface area contributed by atoms with Gasteiger partial charge in [-0.05, 0) is 30.2 Å². The molecule has 0 atom stereocenters. The van der Waals surface area contributed by atoms with Crippen molar-refractivity contribution in [3.63, 3.8) is 0 Å². The van der Waals surface area contributed by atoms with Crippen molar-refractivity contribution in [2.75, 3.05) is 12.3 Å². The van der Waals surface area contributed by atoms with Gasteiger partial charge in [0.1, 0.15) is 0 Å². The van der Waals surface area contributed by atoms with Crippen LogP contribution in [0.25, 0.3) is 0 Å². The van der Waals surface area contributed by atoms with Gasteiger partial charge in [0.2, 0.25) is 0 Å². The summed E-state index contributed by atoms with van der Waals surface area (Å²) in [5.74, 6) is 0. The molecular formula is C18H24N2. The van der Waals surface area contributed by atoms with Crippen molar-refractivity contribution in [2.24, 2.45) is 0 Å². The Kier molecular flexibility index (Phi) is 4.46. The van der Waals surface area contributed by atoms with Crippen LogP contribution in [-0.4, -0.2) is 6.54 Å². The van der Waals surface area contributed by atoms with Gasteiger partial charge in [0.05, 0.1) is 0 Å². The van der Waals surface area contributed by atoms with E-state index in [1.807, 2.05) is 12.1 Å². The summed E-state index contributed by atoms with van der Waals surface area (Å²) in [6, 6.07) is 16.8. The highest BCUT2D eigenvalue weighted by Crippen LogP contribution is 2.22. The molecule has 0 bridgehead atoms. The lowest BCUT2D eigenvalue weighted by molar-refractivity contribution is 0.469. The second kappa shape index (κ2) is 6.10. The molecule has 2 aromatic rings. The summed E-state index contributed by atoms with van der Waals surface area (Å²) in [5, 5.41) is 3.53. The molecular weight excluding hydrogens is 244 g/mol. The molecule has 3 N–H and O–H groups in total. The smallest absolute Gasteiger partial charge is 0.0314 e. The summed E-state index contributed by atoms with van der Waals surface area (Å²) >= 11 is 0. The van der Waals surface area contributed by atoms with E-state index in [1.54, 1.807) is 0 Å². The topological polar surface area (TPSA) is 38.0 Å². The molecule has 0 spiro atoms. The number of anilines is 1. The summed E-state index contributed by atoms with van der Waals surface area (Å²) in [6.45, 7) is 8.48. The number of nitrogen functional groups attached to an aromatic ring is 1. The fraction of sp³-hybridized carbons (Fsp3) is 0.333. The van der Waals surface area contributed by atoms with E-state index in [4.69, 9.17) is 5.73 Å². The maximum absolute atomic E-state index is 5.69. The molecule has 0 aliphatic rings.